The molecular weight excluding hydrogens is 450 g/mol. The first-order valence-corrected chi connectivity index (χ1v) is 12.5. The zero-order chi connectivity index (χ0) is 26.0. The maximum atomic E-state index is 12.0. The Bertz CT molecular complexity index is 1060. The molecule has 3 atom stereocenters. The second kappa shape index (κ2) is 12.8. The van der Waals surface area contributed by atoms with Crippen LogP contribution >= 0.6 is 0 Å². The number of esters is 1. The SMILES string of the molecule is CC(=O)OCC(CC(N)OC(C)c1ccccc1)(c1ccccc1)C(C)(C)COCc1ccccc1. The number of benzene rings is 3. The Morgan fingerprint density at radius 3 is 2.00 bits per heavy atom. The molecule has 5 heteroatoms. The van der Waals surface area contributed by atoms with E-state index in [4.69, 9.17) is 19.9 Å². The minimum atomic E-state index is -0.646. The van der Waals surface area contributed by atoms with Gasteiger partial charge in [0.2, 0.25) is 0 Å². The molecule has 0 aliphatic heterocycles. The molecule has 192 valence electrons. The lowest BCUT2D eigenvalue weighted by molar-refractivity contribution is -0.147. The van der Waals surface area contributed by atoms with Crippen molar-refractivity contribution in [3.8, 4) is 0 Å². The van der Waals surface area contributed by atoms with Crippen molar-refractivity contribution < 1.29 is 19.0 Å². The zero-order valence-electron chi connectivity index (χ0n) is 21.9. The predicted molar refractivity (Wildman–Crippen MR) is 143 cm³/mol. The standard InChI is InChI=1S/C31H39NO4/c1-24(27-16-10-6-11-17-27)36-29(32)20-31(23-35-25(2)33,28-18-12-7-13-19-28)30(3,4)22-34-21-26-14-8-5-9-15-26/h5-19,24,29H,20-23,32H2,1-4H3. The summed E-state index contributed by atoms with van der Waals surface area (Å²) in [6, 6.07) is 30.2. The highest BCUT2D eigenvalue weighted by Crippen LogP contribution is 2.46. The number of hydrogen-bond acceptors (Lipinski definition) is 5. The number of nitrogens with two attached hydrogens (primary N) is 1. The topological polar surface area (TPSA) is 70.8 Å². The monoisotopic (exact) mass is 489 g/mol. The van der Waals surface area contributed by atoms with Gasteiger partial charge in [0.15, 0.2) is 0 Å². The second-order valence-corrected chi connectivity index (χ2v) is 10.0. The largest absolute Gasteiger partial charge is 0.465 e. The molecule has 3 unspecified atom stereocenters. The van der Waals surface area contributed by atoms with Crippen LogP contribution in [0, 0.1) is 5.41 Å². The molecule has 0 saturated carbocycles. The Morgan fingerprint density at radius 2 is 1.42 bits per heavy atom. The summed E-state index contributed by atoms with van der Waals surface area (Å²) in [4.78, 5) is 12.0. The van der Waals surface area contributed by atoms with Crippen LogP contribution in [0.15, 0.2) is 91.0 Å². The number of hydrogen-bond donors (Lipinski definition) is 1. The van der Waals surface area contributed by atoms with Gasteiger partial charge in [0, 0.05) is 24.2 Å². The number of carbonyl (C=O) groups is 1. The van der Waals surface area contributed by atoms with Crippen LogP contribution in [0.3, 0.4) is 0 Å². The molecule has 5 nitrogen and oxygen atoms in total. The fraction of sp³-hybridized carbons (Fsp3) is 0.387. The van der Waals surface area contributed by atoms with Crippen LogP contribution in [0.25, 0.3) is 0 Å². The smallest absolute Gasteiger partial charge is 0.302 e. The van der Waals surface area contributed by atoms with Crippen molar-refractivity contribution in [1.82, 2.24) is 0 Å². The minimum absolute atomic E-state index is 0.171. The van der Waals surface area contributed by atoms with Crippen molar-refractivity contribution in [2.45, 2.75) is 58.5 Å². The molecule has 0 aliphatic carbocycles. The van der Waals surface area contributed by atoms with E-state index in [1.807, 2.05) is 85.8 Å². The average molecular weight is 490 g/mol. The van der Waals surface area contributed by atoms with Crippen molar-refractivity contribution in [1.29, 1.82) is 0 Å². The van der Waals surface area contributed by atoms with Gasteiger partial charge in [0.25, 0.3) is 0 Å². The first-order valence-electron chi connectivity index (χ1n) is 12.5. The molecule has 0 amide bonds. The van der Waals surface area contributed by atoms with Crippen LogP contribution in [-0.4, -0.2) is 25.4 Å². The number of rotatable bonds is 13. The van der Waals surface area contributed by atoms with Crippen LogP contribution in [-0.2, 0) is 31.0 Å². The van der Waals surface area contributed by atoms with E-state index < -0.39 is 17.1 Å². The first-order chi connectivity index (χ1) is 17.2. The Morgan fingerprint density at radius 1 is 0.861 bits per heavy atom. The quantitative estimate of drug-likeness (QED) is 0.229. The van der Waals surface area contributed by atoms with E-state index in [0.29, 0.717) is 19.6 Å². The highest BCUT2D eigenvalue weighted by Gasteiger charge is 2.49. The van der Waals surface area contributed by atoms with E-state index in [-0.39, 0.29) is 18.7 Å². The lowest BCUT2D eigenvalue weighted by Gasteiger charge is -2.48. The third kappa shape index (κ3) is 7.26. The van der Waals surface area contributed by atoms with Crippen LogP contribution in [0.4, 0.5) is 0 Å². The fourth-order valence-electron chi connectivity index (χ4n) is 4.70. The van der Waals surface area contributed by atoms with Crippen molar-refractivity contribution in [2.24, 2.45) is 11.1 Å². The van der Waals surface area contributed by atoms with Gasteiger partial charge in [-0.2, -0.15) is 0 Å². The normalized spacial score (nSPS) is 15.0. The first kappa shape index (κ1) is 27.6. The maximum absolute atomic E-state index is 12.0. The predicted octanol–water partition coefficient (Wildman–Crippen LogP) is 6.18. The number of ether oxygens (including phenoxy) is 3. The zero-order valence-corrected chi connectivity index (χ0v) is 21.9. The summed E-state index contributed by atoms with van der Waals surface area (Å²) in [5.74, 6) is -0.330. The summed E-state index contributed by atoms with van der Waals surface area (Å²) in [5.41, 5.74) is 8.76. The van der Waals surface area contributed by atoms with Crippen molar-refractivity contribution >= 4 is 5.97 Å². The van der Waals surface area contributed by atoms with Gasteiger partial charge in [-0.3, -0.25) is 4.79 Å². The molecule has 0 fully saturated rings. The summed E-state index contributed by atoms with van der Waals surface area (Å²) in [6.07, 6.45) is -0.325. The Labute approximate surface area is 215 Å². The second-order valence-electron chi connectivity index (χ2n) is 10.0. The van der Waals surface area contributed by atoms with Crippen molar-refractivity contribution in [2.75, 3.05) is 13.2 Å². The van der Waals surface area contributed by atoms with Gasteiger partial charge in [0.1, 0.15) is 12.8 Å². The molecule has 0 aliphatic rings. The Kier molecular flexibility index (Phi) is 9.82. The molecule has 0 radical (unpaired) electrons. The van der Waals surface area contributed by atoms with Gasteiger partial charge in [-0.1, -0.05) is 105 Å². The van der Waals surface area contributed by atoms with E-state index >= 15 is 0 Å². The van der Waals surface area contributed by atoms with E-state index in [1.54, 1.807) is 0 Å². The fourth-order valence-corrected chi connectivity index (χ4v) is 4.70. The lowest BCUT2D eigenvalue weighted by atomic mass is 9.60. The number of carbonyl (C=O) groups excluding carboxylic acids is 1. The van der Waals surface area contributed by atoms with E-state index in [2.05, 4.69) is 26.0 Å². The summed E-state index contributed by atoms with van der Waals surface area (Å²) < 4.78 is 18.2. The van der Waals surface area contributed by atoms with Gasteiger partial charge in [0.05, 0.1) is 19.3 Å². The molecule has 36 heavy (non-hydrogen) atoms. The van der Waals surface area contributed by atoms with Gasteiger partial charge < -0.3 is 19.9 Å². The van der Waals surface area contributed by atoms with Crippen LogP contribution in [0.1, 0.15) is 56.9 Å². The molecule has 3 aromatic rings. The maximum Gasteiger partial charge on any atom is 0.302 e. The van der Waals surface area contributed by atoms with Gasteiger partial charge in [-0.05, 0) is 23.6 Å². The van der Waals surface area contributed by atoms with Crippen LogP contribution in [0.5, 0.6) is 0 Å². The Hall–Kier alpha value is -2.99. The van der Waals surface area contributed by atoms with Gasteiger partial charge in [-0.15, -0.1) is 0 Å². The highest BCUT2D eigenvalue weighted by molar-refractivity contribution is 5.66. The molecule has 2 N–H and O–H groups in total. The third-order valence-electron chi connectivity index (χ3n) is 6.92. The van der Waals surface area contributed by atoms with Crippen LogP contribution < -0.4 is 5.73 Å². The van der Waals surface area contributed by atoms with Gasteiger partial charge in [-0.25, -0.2) is 0 Å². The molecule has 3 aromatic carbocycles. The molecule has 0 spiro atoms. The molecule has 0 aromatic heterocycles. The lowest BCUT2D eigenvalue weighted by Crippen LogP contribution is -2.52. The van der Waals surface area contributed by atoms with E-state index in [1.165, 1.54) is 6.92 Å². The molecular formula is C31H39NO4. The summed E-state index contributed by atoms with van der Waals surface area (Å²) in [6.45, 7) is 8.83. The van der Waals surface area contributed by atoms with Crippen LogP contribution in [0.2, 0.25) is 0 Å². The summed E-state index contributed by atoms with van der Waals surface area (Å²) in [5, 5.41) is 0. The summed E-state index contributed by atoms with van der Waals surface area (Å²) in [7, 11) is 0. The van der Waals surface area contributed by atoms with E-state index in [9.17, 15) is 4.79 Å². The molecule has 0 heterocycles. The van der Waals surface area contributed by atoms with E-state index in [0.717, 1.165) is 16.7 Å². The van der Waals surface area contributed by atoms with Crippen molar-refractivity contribution in [3.05, 3.63) is 108 Å². The summed E-state index contributed by atoms with van der Waals surface area (Å²) >= 11 is 0. The molecule has 0 bridgehead atoms. The third-order valence-corrected chi connectivity index (χ3v) is 6.92. The van der Waals surface area contributed by atoms with Gasteiger partial charge >= 0.3 is 5.97 Å². The molecule has 0 saturated heterocycles. The molecule has 3 rings (SSSR count). The Balaban J connectivity index is 1.89. The van der Waals surface area contributed by atoms with Crippen molar-refractivity contribution in [3.63, 3.8) is 0 Å². The minimum Gasteiger partial charge on any atom is -0.465 e. The average Bonchev–Trinajstić information content (AvgIpc) is 2.88. The highest BCUT2D eigenvalue weighted by atomic mass is 16.5.